The Hall–Kier alpha value is -2.28. The number of carbonyl (C=O) groups is 2. The number of rotatable bonds is 5. The Balaban J connectivity index is 1.70. The van der Waals surface area contributed by atoms with Crippen molar-refractivity contribution in [1.82, 2.24) is 14.5 Å². The van der Waals surface area contributed by atoms with Crippen LogP contribution in [-0.2, 0) is 9.59 Å². The molecule has 27 heavy (non-hydrogen) atoms. The van der Waals surface area contributed by atoms with Gasteiger partial charge in [-0.3, -0.25) is 14.2 Å². The zero-order valence-electron chi connectivity index (χ0n) is 16.0. The van der Waals surface area contributed by atoms with Crippen LogP contribution < -0.4 is 5.73 Å². The minimum Gasteiger partial charge on any atom is -0.369 e. The monoisotopic (exact) mass is 386 g/mol. The highest BCUT2D eigenvalue weighted by Crippen LogP contribution is 2.26. The number of thioether (sulfide) groups is 1. The lowest BCUT2D eigenvalue weighted by Gasteiger charge is -2.36. The summed E-state index contributed by atoms with van der Waals surface area (Å²) in [7, 11) is 0. The lowest BCUT2D eigenvalue weighted by atomic mass is 9.93. The van der Waals surface area contributed by atoms with Gasteiger partial charge in [0.25, 0.3) is 0 Å². The molecule has 3 rings (SSSR count). The molecule has 0 bridgehead atoms. The average Bonchev–Trinajstić information content (AvgIpc) is 3.10. The molecular weight excluding hydrogens is 360 g/mol. The van der Waals surface area contributed by atoms with Crippen LogP contribution in [0.1, 0.15) is 30.9 Å². The summed E-state index contributed by atoms with van der Waals surface area (Å²) < 4.78 is 2.02. The third kappa shape index (κ3) is 4.35. The molecule has 2 atom stereocenters. The first kappa shape index (κ1) is 19.5. The quantitative estimate of drug-likeness (QED) is 0.801. The van der Waals surface area contributed by atoms with E-state index in [-0.39, 0.29) is 29.5 Å². The third-order valence-corrected chi connectivity index (χ3v) is 6.11. The minimum atomic E-state index is -0.321. The molecule has 1 aromatic carbocycles. The maximum Gasteiger partial charge on any atom is 0.233 e. The lowest BCUT2D eigenvalue weighted by Crippen LogP contribution is -2.49. The van der Waals surface area contributed by atoms with Crippen molar-refractivity contribution in [2.24, 2.45) is 11.7 Å². The van der Waals surface area contributed by atoms with Crippen LogP contribution in [-0.4, -0.2) is 44.6 Å². The van der Waals surface area contributed by atoms with Gasteiger partial charge in [0.15, 0.2) is 5.16 Å². The summed E-state index contributed by atoms with van der Waals surface area (Å²) in [6.45, 7) is 6.56. The molecule has 0 spiro atoms. The molecule has 0 aliphatic carbocycles. The molecule has 0 radical (unpaired) electrons. The number of likely N-dealkylation sites (tertiary alicyclic amines) is 1. The normalized spacial score (nSPS) is 19.9. The Bertz CT molecular complexity index is 848. The molecule has 1 saturated heterocycles. The van der Waals surface area contributed by atoms with E-state index < -0.39 is 0 Å². The third-order valence-electron chi connectivity index (χ3n) is 5.16. The average molecular weight is 387 g/mol. The fourth-order valence-corrected chi connectivity index (χ4v) is 4.31. The number of nitrogens with two attached hydrogens (primary N) is 1. The van der Waals surface area contributed by atoms with Crippen LogP contribution in [0.4, 0.5) is 0 Å². The molecule has 2 unspecified atom stereocenters. The van der Waals surface area contributed by atoms with Gasteiger partial charge in [0.1, 0.15) is 0 Å². The Morgan fingerprint density at radius 3 is 2.81 bits per heavy atom. The van der Waals surface area contributed by atoms with E-state index in [4.69, 9.17) is 5.73 Å². The number of amides is 2. The SMILES string of the molecule is Cc1ccc(C)c(-n2ccnc2SCC(=O)N2CC(C(N)=O)CCC2C)c1. The Morgan fingerprint density at radius 1 is 1.30 bits per heavy atom. The van der Waals surface area contributed by atoms with Crippen molar-refractivity contribution in [3.05, 3.63) is 41.7 Å². The molecule has 1 aliphatic heterocycles. The number of hydrogen-bond donors (Lipinski definition) is 1. The topological polar surface area (TPSA) is 81.2 Å². The second kappa shape index (κ2) is 8.17. The van der Waals surface area contributed by atoms with E-state index in [1.54, 1.807) is 11.1 Å². The zero-order valence-corrected chi connectivity index (χ0v) is 16.8. The number of aromatic nitrogens is 2. The van der Waals surface area contributed by atoms with Crippen LogP contribution in [0, 0.1) is 19.8 Å². The summed E-state index contributed by atoms with van der Waals surface area (Å²) in [6, 6.07) is 6.42. The van der Waals surface area contributed by atoms with Gasteiger partial charge in [-0.25, -0.2) is 4.98 Å². The number of aryl methyl sites for hydroxylation is 2. The maximum atomic E-state index is 12.8. The number of piperidine rings is 1. The number of benzene rings is 1. The smallest absolute Gasteiger partial charge is 0.233 e. The molecule has 1 aliphatic rings. The summed E-state index contributed by atoms with van der Waals surface area (Å²) in [5.41, 5.74) is 8.84. The fraction of sp³-hybridized carbons (Fsp3) is 0.450. The predicted octanol–water partition coefficient (Wildman–Crippen LogP) is 2.69. The summed E-state index contributed by atoms with van der Waals surface area (Å²) in [5, 5.41) is 0.785. The first-order valence-electron chi connectivity index (χ1n) is 9.19. The molecule has 2 N–H and O–H groups in total. The Morgan fingerprint density at radius 2 is 2.07 bits per heavy atom. The van der Waals surface area contributed by atoms with E-state index in [1.807, 2.05) is 17.7 Å². The second-order valence-electron chi connectivity index (χ2n) is 7.23. The molecule has 2 amide bonds. The number of primary amides is 1. The van der Waals surface area contributed by atoms with E-state index in [1.165, 1.54) is 17.3 Å². The minimum absolute atomic E-state index is 0.0222. The first-order chi connectivity index (χ1) is 12.9. The summed E-state index contributed by atoms with van der Waals surface area (Å²) in [4.78, 5) is 30.5. The van der Waals surface area contributed by atoms with Crippen molar-refractivity contribution in [2.75, 3.05) is 12.3 Å². The van der Waals surface area contributed by atoms with Crippen LogP contribution in [0.2, 0.25) is 0 Å². The standard InChI is InChI=1S/C20H26N4O2S/c1-13-4-5-14(2)17(10-13)23-9-8-22-20(23)27-12-18(25)24-11-16(19(21)26)7-6-15(24)3/h4-5,8-10,15-16H,6-7,11-12H2,1-3H3,(H2,21,26). The van der Waals surface area contributed by atoms with Gasteiger partial charge in [-0.2, -0.15) is 0 Å². The summed E-state index contributed by atoms with van der Waals surface area (Å²) in [6.07, 6.45) is 5.23. The van der Waals surface area contributed by atoms with Gasteiger partial charge in [-0.1, -0.05) is 23.9 Å². The Kier molecular flexibility index (Phi) is 5.89. The highest BCUT2D eigenvalue weighted by atomic mass is 32.2. The predicted molar refractivity (Wildman–Crippen MR) is 107 cm³/mol. The van der Waals surface area contributed by atoms with E-state index in [0.29, 0.717) is 6.54 Å². The van der Waals surface area contributed by atoms with Crippen molar-refractivity contribution in [3.63, 3.8) is 0 Å². The van der Waals surface area contributed by atoms with Gasteiger partial charge >= 0.3 is 0 Å². The van der Waals surface area contributed by atoms with Crippen LogP contribution in [0.15, 0.2) is 35.7 Å². The summed E-state index contributed by atoms with van der Waals surface area (Å²) in [5.74, 6) is -0.253. The largest absolute Gasteiger partial charge is 0.369 e. The van der Waals surface area contributed by atoms with Gasteiger partial charge in [0.05, 0.1) is 17.4 Å². The van der Waals surface area contributed by atoms with Gasteiger partial charge in [0, 0.05) is 25.0 Å². The highest BCUT2D eigenvalue weighted by molar-refractivity contribution is 7.99. The van der Waals surface area contributed by atoms with Crippen molar-refractivity contribution < 1.29 is 9.59 Å². The van der Waals surface area contributed by atoms with Gasteiger partial charge in [-0.15, -0.1) is 0 Å². The molecule has 2 heterocycles. The van der Waals surface area contributed by atoms with E-state index in [2.05, 4.69) is 37.0 Å². The van der Waals surface area contributed by atoms with E-state index in [9.17, 15) is 9.59 Å². The molecule has 1 aromatic heterocycles. The van der Waals surface area contributed by atoms with Gasteiger partial charge in [0.2, 0.25) is 11.8 Å². The number of carbonyl (C=O) groups excluding carboxylic acids is 2. The van der Waals surface area contributed by atoms with Crippen molar-refractivity contribution in [2.45, 2.75) is 44.8 Å². The zero-order chi connectivity index (χ0) is 19.6. The second-order valence-corrected chi connectivity index (χ2v) is 8.17. The fourth-order valence-electron chi connectivity index (χ4n) is 3.45. The highest BCUT2D eigenvalue weighted by Gasteiger charge is 2.31. The van der Waals surface area contributed by atoms with Crippen LogP contribution in [0.5, 0.6) is 0 Å². The van der Waals surface area contributed by atoms with E-state index in [0.717, 1.165) is 29.2 Å². The van der Waals surface area contributed by atoms with Gasteiger partial charge in [-0.05, 0) is 50.8 Å². The molecule has 0 saturated carbocycles. The van der Waals surface area contributed by atoms with Crippen molar-refractivity contribution in [1.29, 1.82) is 0 Å². The number of hydrogen-bond acceptors (Lipinski definition) is 4. The first-order valence-corrected chi connectivity index (χ1v) is 10.2. The lowest BCUT2D eigenvalue weighted by molar-refractivity contribution is -0.135. The Labute approximate surface area is 164 Å². The molecular formula is C20H26N4O2S. The van der Waals surface area contributed by atoms with Crippen LogP contribution in [0.25, 0.3) is 5.69 Å². The van der Waals surface area contributed by atoms with Crippen molar-refractivity contribution in [3.8, 4) is 5.69 Å². The molecule has 7 heteroatoms. The summed E-state index contributed by atoms with van der Waals surface area (Å²) >= 11 is 1.42. The van der Waals surface area contributed by atoms with Gasteiger partial charge < -0.3 is 10.6 Å². The van der Waals surface area contributed by atoms with Crippen LogP contribution >= 0.6 is 11.8 Å². The number of nitrogens with zero attached hydrogens (tertiary/aromatic N) is 3. The maximum absolute atomic E-state index is 12.8. The molecule has 144 valence electrons. The molecule has 6 nitrogen and oxygen atoms in total. The van der Waals surface area contributed by atoms with Crippen molar-refractivity contribution >= 4 is 23.6 Å². The molecule has 1 fully saturated rings. The number of imidazole rings is 1. The van der Waals surface area contributed by atoms with E-state index >= 15 is 0 Å². The molecule has 2 aromatic rings. The van der Waals surface area contributed by atoms with Crippen LogP contribution in [0.3, 0.4) is 0 Å².